The maximum absolute atomic E-state index is 15.7. The zero-order valence-electron chi connectivity index (χ0n) is 23.3. The number of esters is 3. The van der Waals surface area contributed by atoms with E-state index in [4.69, 9.17) is 0 Å². The lowest BCUT2D eigenvalue weighted by Crippen LogP contribution is -2.74. The topological polar surface area (TPSA) is 107 Å². The summed E-state index contributed by atoms with van der Waals surface area (Å²) < 4.78 is 285. The summed E-state index contributed by atoms with van der Waals surface area (Å²) in [5.74, 6) is -27.2. The lowest BCUT2D eigenvalue weighted by atomic mass is 10.00. The molecule has 9 nitrogen and oxygen atoms in total. The minimum atomic E-state index is -8.80. The van der Waals surface area contributed by atoms with E-state index in [-0.39, 0.29) is 18.2 Å². The SMILES string of the molecule is C=CC(=O)OCC(F)(OC(F)(F)C(F)(C(F)(F)OC(F)(COC(=O)C=C)C(F)(F)F)C(F)(F)OC(F)(COC(=O)C=C)C(F)(F)F)C(F)(F)F. The van der Waals surface area contributed by atoms with Crippen LogP contribution in [0.5, 0.6) is 0 Å². The van der Waals surface area contributed by atoms with Crippen LogP contribution in [0.2, 0.25) is 0 Å². The van der Waals surface area contributed by atoms with Crippen molar-refractivity contribution in [3.63, 3.8) is 0 Å². The van der Waals surface area contributed by atoms with Crippen LogP contribution in [-0.4, -0.2) is 97.8 Å². The predicted molar refractivity (Wildman–Crippen MR) is 115 cm³/mol. The van der Waals surface area contributed by atoms with Crippen LogP contribution in [0, 0.1) is 0 Å². The van der Waals surface area contributed by atoms with Gasteiger partial charge < -0.3 is 14.2 Å². The molecule has 50 heavy (non-hydrogen) atoms. The molecule has 290 valence electrons. The van der Waals surface area contributed by atoms with Crippen LogP contribution in [0.15, 0.2) is 38.0 Å². The van der Waals surface area contributed by atoms with Gasteiger partial charge in [-0.05, 0) is 0 Å². The number of hydrogen-bond donors (Lipinski definition) is 0. The molecule has 0 saturated carbocycles. The van der Waals surface area contributed by atoms with Crippen LogP contribution in [0.4, 0.5) is 83.4 Å². The van der Waals surface area contributed by atoms with Gasteiger partial charge in [0.2, 0.25) is 0 Å². The Morgan fingerprint density at radius 3 is 0.720 bits per heavy atom. The highest BCUT2D eigenvalue weighted by Crippen LogP contribution is 2.60. The molecule has 0 spiro atoms. The Hall–Kier alpha value is -3.82. The van der Waals surface area contributed by atoms with E-state index < -0.39 is 97.8 Å². The van der Waals surface area contributed by atoms with Crippen molar-refractivity contribution in [1.82, 2.24) is 0 Å². The molecule has 0 saturated heterocycles. The molecule has 0 aromatic carbocycles. The summed E-state index contributed by atoms with van der Waals surface area (Å²) in [6.45, 7) is -2.98. The standard InChI is InChI=1S/C22H15F19O9/c1-4-10(42)45-7-13(23,17(27,28)29)48-20(36,37)16(26,21(38,39)49-14(24,18(30,31)32)8-46-11(43)5-2)22(40,41)50-15(25,19(33,34)35)9-47-12(44)6-3/h4-6H,1-3,7-9H2. The highest BCUT2D eigenvalue weighted by atomic mass is 19.4. The van der Waals surface area contributed by atoms with Crippen LogP contribution in [0.25, 0.3) is 0 Å². The van der Waals surface area contributed by atoms with Gasteiger partial charge in [0.25, 0.3) is 0 Å². The molecule has 28 heteroatoms. The van der Waals surface area contributed by atoms with Gasteiger partial charge in [0.05, 0.1) is 0 Å². The minimum absolute atomic E-state index is 0.202. The van der Waals surface area contributed by atoms with Crippen molar-refractivity contribution in [1.29, 1.82) is 0 Å². The van der Waals surface area contributed by atoms with Gasteiger partial charge >= 0.3 is 78.0 Å². The van der Waals surface area contributed by atoms with Gasteiger partial charge in [0.15, 0.2) is 19.8 Å². The molecule has 0 heterocycles. The van der Waals surface area contributed by atoms with Gasteiger partial charge in [-0.1, -0.05) is 19.7 Å². The molecule has 3 atom stereocenters. The van der Waals surface area contributed by atoms with Gasteiger partial charge in [-0.3, -0.25) is 14.2 Å². The van der Waals surface area contributed by atoms with Crippen LogP contribution in [0.1, 0.15) is 0 Å². The molecule has 0 rings (SSSR count). The number of halogens is 19. The predicted octanol–water partition coefficient (Wildman–Crippen LogP) is 6.39. The molecule has 0 radical (unpaired) electrons. The van der Waals surface area contributed by atoms with E-state index in [1.807, 2.05) is 14.2 Å². The van der Waals surface area contributed by atoms with E-state index in [0.717, 1.165) is 0 Å². The molecule has 0 fully saturated rings. The summed E-state index contributed by atoms with van der Waals surface area (Å²) in [5, 5.41) is 0. The minimum Gasteiger partial charge on any atom is -0.456 e. The molecule has 0 aromatic heterocycles. The molecule has 3 unspecified atom stereocenters. The Labute approximate surface area is 263 Å². The van der Waals surface area contributed by atoms with E-state index in [0.29, 0.717) is 0 Å². The summed E-state index contributed by atoms with van der Waals surface area (Å²) >= 11 is 0. The largest absolute Gasteiger partial charge is 0.456 e. The van der Waals surface area contributed by atoms with Crippen LogP contribution in [0.3, 0.4) is 0 Å². The third kappa shape index (κ3) is 9.69. The number of hydrogen-bond acceptors (Lipinski definition) is 9. The number of ether oxygens (including phenoxy) is 6. The first-order valence-corrected chi connectivity index (χ1v) is 11.6. The lowest BCUT2D eigenvalue weighted by molar-refractivity contribution is -0.555. The fourth-order valence-corrected chi connectivity index (χ4v) is 2.50. The Balaban J connectivity index is 7.90. The molecular weight excluding hydrogens is 769 g/mol. The molecule has 0 aromatic rings. The average molecular weight is 784 g/mol. The Kier molecular flexibility index (Phi) is 13.7. The Morgan fingerprint density at radius 2 is 0.580 bits per heavy atom. The zero-order valence-corrected chi connectivity index (χ0v) is 23.3. The first-order valence-electron chi connectivity index (χ1n) is 11.6. The van der Waals surface area contributed by atoms with Crippen molar-refractivity contribution in [2.75, 3.05) is 19.8 Å². The van der Waals surface area contributed by atoms with Crippen molar-refractivity contribution in [2.45, 2.75) is 60.1 Å². The summed E-state index contributed by atoms with van der Waals surface area (Å²) in [6.07, 6.45) is -47.9. The number of carbonyl (C=O) groups is 3. The summed E-state index contributed by atoms with van der Waals surface area (Å²) in [7, 11) is 0. The number of alkyl halides is 19. The van der Waals surface area contributed by atoms with E-state index in [1.165, 1.54) is 0 Å². The third-order valence-corrected chi connectivity index (χ3v) is 5.04. The van der Waals surface area contributed by atoms with Gasteiger partial charge in [-0.2, -0.15) is 79.0 Å². The molecule has 0 amide bonds. The lowest BCUT2D eigenvalue weighted by Gasteiger charge is -2.45. The fourth-order valence-electron chi connectivity index (χ4n) is 2.50. The second kappa shape index (κ2) is 14.8. The molecule has 0 aliphatic carbocycles. The van der Waals surface area contributed by atoms with Crippen LogP contribution < -0.4 is 0 Å². The Bertz CT molecular complexity index is 1130. The van der Waals surface area contributed by atoms with Gasteiger partial charge in [0, 0.05) is 18.2 Å². The Morgan fingerprint density at radius 1 is 0.400 bits per heavy atom. The average Bonchev–Trinajstić information content (AvgIpc) is 2.94. The van der Waals surface area contributed by atoms with Crippen LogP contribution in [-0.2, 0) is 42.8 Å². The van der Waals surface area contributed by atoms with Gasteiger partial charge in [-0.15, -0.1) is 0 Å². The van der Waals surface area contributed by atoms with Crippen molar-refractivity contribution in [3.05, 3.63) is 38.0 Å². The van der Waals surface area contributed by atoms with Crippen molar-refractivity contribution in [2.24, 2.45) is 0 Å². The molecule has 0 bridgehead atoms. The second-order valence-electron chi connectivity index (χ2n) is 8.63. The number of rotatable bonds is 18. The normalized spacial score (nSPS) is 18.3. The fraction of sp³-hybridized carbons (Fsp3) is 0.591. The van der Waals surface area contributed by atoms with E-state index in [1.54, 1.807) is 0 Å². The maximum atomic E-state index is 15.7. The maximum Gasteiger partial charge on any atom is 0.452 e. The number of carbonyl (C=O) groups excluding carboxylic acids is 3. The molecule has 0 aliphatic rings. The zero-order chi connectivity index (χ0) is 40.2. The quantitative estimate of drug-likeness (QED) is 0.0677. The molecule has 0 aliphatic heterocycles. The summed E-state index contributed by atoms with van der Waals surface area (Å²) in [5.41, 5.74) is -8.80. The van der Waals surface area contributed by atoms with E-state index in [9.17, 15) is 93.4 Å². The van der Waals surface area contributed by atoms with E-state index >= 15 is 4.39 Å². The highest BCUT2D eigenvalue weighted by Gasteiger charge is 2.90. The monoisotopic (exact) mass is 784 g/mol. The molecular formula is C22H15F19O9. The summed E-state index contributed by atoms with van der Waals surface area (Å²) in [6, 6.07) is 0. The molecule has 0 N–H and O–H groups in total. The first-order chi connectivity index (χ1) is 22.0. The van der Waals surface area contributed by atoms with Gasteiger partial charge in [-0.25, -0.2) is 18.8 Å². The van der Waals surface area contributed by atoms with Crippen molar-refractivity contribution >= 4 is 17.9 Å². The smallest absolute Gasteiger partial charge is 0.452 e. The van der Waals surface area contributed by atoms with Crippen LogP contribution >= 0.6 is 0 Å². The van der Waals surface area contributed by atoms with Gasteiger partial charge in [0.1, 0.15) is 0 Å². The summed E-state index contributed by atoms with van der Waals surface area (Å²) in [4.78, 5) is 32.9. The third-order valence-electron chi connectivity index (χ3n) is 5.04. The van der Waals surface area contributed by atoms with Crippen molar-refractivity contribution in [3.8, 4) is 0 Å². The highest BCUT2D eigenvalue weighted by molar-refractivity contribution is 5.81. The van der Waals surface area contributed by atoms with E-state index in [2.05, 4.69) is 33.9 Å². The first kappa shape index (κ1) is 46.2. The second-order valence-corrected chi connectivity index (χ2v) is 8.63. The van der Waals surface area contributed by atoms with Crippen molar-refractivity contribution < 1.29 is 126 Å².